The van der Waals surface area contributed by atoms with Gasteiger partial charge in [-0.25, -0.2) is 4.68 Å². The Morgan fingerprint density at radius 3 is 2.81 bits per heavy atom. The summed E-state index contributed by atoms with van der Waals surface area (Å²) in [7, 11) is 0. The molecule has 0 radical (unpaired) electrons. The first-order valence-corrected chi connectivity index (χ1v) is 5.78. The molecule has 0 amide bonds. The summed E-state index contributed by atoms with van der Waals surface area (Å²) in [5, 5.41) is 8.08. The highest BCUT2D eigenvalue weighted by Gasteiger charge is 2.18. The zero-order chi connectivity index (χ0) is 10.8. The Morgan fingerprint density at radius 2 is 2.06 bits per heavy atom. The molecule has 1 aromatic heterocycles. The minimum absolute atomic E-state index is 0.449. The average molecular weight is 213 g/mol. The van der Waals surface area contributed by atoms with Crippen LogP contribution < -0.4 is 5.32 Å². The Bertz CT molecular complexity index is 455. The van der Waals surface area contributed by atoms with E-state index in [9.17, 15) is 0 Å². The Kier molecular flexibility index (Phi) is 2.46. The van der Waals surface area contributed by atoms with Gasteiger partial charge in [0.05, 0.1) is 17.4 Å². The predicted octanol–water partition coefficient (Wildman–Crippen LogP) is 2.30. The van der Waals surface area contributed by atoms with Crippen molar-refractivity contribution < 1.29 is 0 Å². The normalized spacial score (nSPS) is 20.1. The van der Waals surface area contributed by atoms with Crippen molar-refractivity contribution in [1.82, 2.24) is 15.1 Å². The van der Waals surface area contributed by atoms with E-state index < -0.39 is 0 Å². The van der Waals surface area contributed by atoms with Crippen molar-refractivity contribution in [3.8, 4) is 5.69 Å². The highest BCUT2D eigenvalue weighted by atomic mass is 15.3. The van der Waals surface area contributed by atoms with Gasteiger partial charge in [-0.15, -0.1) is 0 Å². The number of rotatable bonds is 2. The van der Waals surface area contributed by atoms with Crippen molar-refractivity contribution in [2.45, 2.75) is 18.9 Å². The van der Waals surface area contributed by atoms with Gasteiger partial charge in [0.1, 0.15) is 0 Å². The largest absolute Gasteiger partial charge is 0.309 e. The summed E-state index contributed by atoms with van der Waals surface area (Å²) in [4.78, 5) is 0. The first kappa shape index (κ1) is 9.60. The minimum atomic E-state index is 0.449. The zero-order valence-electron chi connectivity index (χ0n) is 9.13. The molecule has 0 spiro atoms. The van der Waals surface area contributed by atoms with E-state index in [1.165, 1.54) is 12.8 Å². The van der Waals surface area contributed by atoms with Gasteiger partial charge in [0, 0.05) is 6.20 Å². The van der Waals surface area contributed by atoms with Crippen LogP contribution in [-0.4, -0.2) is 16.3 Å². The van der Waals surface area contributed by atoms with E-state index in [0.29, 0.717) is 6.04 Å². The third-order valence-electron chi connectivity index (χ3n) is 3.05. The Hall–Kier alpha value is -1.61. The van der Waals surface area contributed by atoms with Gasteiger partial charge >= 0.3 is 0 Å². The van der Waals surface area contributed by atoms with Gasteiger partial charge in [0.15, 0.2) is 0 Å². The Morgan fingerprint density at radius 1 is 1.19 bits per heavy atom. The molecular formula is C13H15N3. The first-order chi connectivity index (χ1) is 7.93. The molecule has 2 heterocycles. The van der Waals surface area contributed by atoms with Crippen LogP contribution in [-0.2, 0) is 0 Å². The van der Waals surface area contributed by atoms with Crippen LogP contribution in [0.2, 0.25) is 0 Å². The van der Waals surface area contributed by atoms with Crippen LogP contribution in [0.5, 0.6) is 0 Å². The number of aromatic nitrogens is 2. The molecule has 3 nitrogen and oxygen atoms in total. The number of nitrogens with zero attached hydrogens (tertiary/aromatic N) is 2. The van der Waals surface area contributed by atoms with Crippen molar-refractivity contribution in [2.75, 3.05) is 6.54 Å². The van der Waals surface area contributed by atoms with E-state index >= 15 is 0 Å². The van der Waals surface area contributed by atoms with Crippen LogP contribution in [0.3, 0.4) is 0 Å². The molecular weight excluding hydrogens is 198 g/mol. The molecule has 0 bridgehead atoms. The Balaban J connectivity index is 1.87. The van der Waals surface area contributed by atoms with Crippen molar-refractivity contribution in [2.24, 2.45) is 0 Å². The van der Waals surface area contributed by atoms with Crippen LogP contribution in [0.1, 0.15) is 24.6 Å². The number of nitrogens with one attached hydrogen (secondary N) is 1. The van der Waals surface area contributed by atoms with Crippen molar-refractivity contribution in [3.05, 3.63) is 48.3 Å². The number of hydrogen-bond acceptors (Lipinski definition) is 2. The highest BCUT2D eigenvalue weighted by Crippen LogP contribution is 2.21. The van der Waals surface area contributed by atoms with E-state index in [4.69, 9.17) is 0 Å². The van der Waals surface area contributed by atoms with E-state index in [1.54, 1.807) is 0 Å². The van der Waals surface area contributed by atoms with Crippen molar-refractivity contribution in [1.29, 1.82) is 0 Å². The molecule has 82 valence electrons. The smallest absolute Gasteiger partial charge is 0.0798 e. The molecule has 2 aromatic rings. The second-order valence-electron chi connectivity index (χ2n) is 4.17. The van der Waals surface area contributed by atoms with E-state index in [0.717, 1.165) is 17.9 Å². The predicted molar refractivity (Wildman–Crippen MR) is 63.5 cm³/mol. The zero-order valence-corrected chi connectivity index (χ0v) is 9.13. The molecule has 3 rings (SSSR count). The van der Waals surface area contributed by atoms with Gasteiger partial charge in [-0.05, 0) is 37.6 Å². The lowest BCUT2D eigenvalue weighted by atomic mass is 10.2. The molecule has 1 fully saturated rings. The molecule has 3 heteroatoms. The fourth-order valence-corrected chi connectivity index (χ4v) is 2.19. The SMILES string of the molecule is c1ccc(-n2ccc([C@H]3CCCN3)n2)cc1. The summed E-state index contributed by atoms with van der Waals surface area (Å²) in [6, 6.07) is 12.8. The average Bonchev–Trinajstić information content (AvgIpc) is 3.01. The second kappa shape index (κ2) is 4.10. The molecule has 16 heavy (non-hydrogen) atoms. The summed E-state index contributed by atoms with van der Waals surface area (Å²) in [5.74, 6) is 0. The maximum Gasteiger partial charge on any atom is 0.0798 e. The van der Waals surface area contributed by atoms with Gasteiger partial charge in [-0.1, -0.05) is 18.2 Å². The van der Waals surface area contributed by atoms with Crippen LogP contribution in [0, 0.1) is 0 Å². The topological polar surface area (TPSA) is 29.9 Å². The molecule has 1 aliphatic rings. The highest BCUT2D eigenvalue weighted by molar-refractivity contribution is 5.30. The first-order valence-electron chi connectivity index (χ1n) is 5.78. The fourth-order valence-electron chi connectivity index (χ4n) is 2.19. The van der Waals surface area contributed by atoms with Gasteiger partial charge < -0.3 is 5.32 Å². The van der Waals surface area contributed by atoms with Crippen LogP contribution in [0.15, 0.2) is 42.6 Å². The van der Waals surface area contributed by atoms with Gasteiger partial charge in [-0.2, -0.15) is 5.10 Å². The molecule has 0 saturated carbocycles. The molecule has 0 unspecified atom stereocenters. The third-order valence-corrected chi connectivity index (χ3v) is 3.05. The summed E-state index contributed by atoms with van der Waals surface area (Å²) in [5.41, 5.74) is 2.27. The van der Waals surface area contributed by atoms with E-state index in [1.807, 2.05) is 29.1 Å². The Labute approximate surface area is 95.1 Å². The molecule has 1 N–H and O–H groups in total. The fraction of sp³-hybridized carbons (Fsp3) is 0.308. The van der Waals surface area contributed by atoms with Crippen LogP contribution in [0.25, 0.3) is 5.69 Å². The number of hydrogen-bond donors (Lipinski definition) is 1. The van der Waals surface area contributed by atoms with E-state index in [2.05, 4.69) is 28.6 Å². The number of benzene rings is 1. The standard InChI is InChI=1S/C13H15N3/c1-2-5-11(6-3-1)16-10-8-13(15-16)12-7-4-9-14-12/h1-3,5-6,8,10,12,14H,4,7,9H2/t12-/m1/s1. The van der Waals surface area contributed by atoms with Gasteiger partial charge in [-0.3, -0.25) is 0 Å². The van der Waals surface area contributed by atoms with Crippen molar-refractivity contribution in [3.63, 3.8) is 0 Å². The maximum absolute atomic E-state index is 4.62. The van der Waals surface area contributed by atoms with E-state index in [-0.39, 0.29) is 0 Å². The number of para-hydroxylation sites is 1. The molecule has 1 saturated heterocycles. The van der Waals surface area contributed by atoms with Gasteiger partial charge in [0.25, 0.3) is 0 Å². The second-order valence-corrected chi connectivity index (χ2v) is 4.17. The summed E-state index contributed by atoms with van der Waals surface area (Å²) >= 11 is 0. The molecule has 1 atom stereocenters. The maximum atomic E-state index is 4.62. The minimum Gasteiger partial charge on any atom is -0.309 e. The third kappa shape index (κ3) is 1.74. The monoisotopic (exact) mass is 213 g/mol. The lowest BCUT2D eigenvalue weighted by Crippen LogP contribution is -2.13. The summed E-state index contributed by atoms with van der Waals surface area (Å²) in [6.45, 7) is 1.11. The molecule has 1 aromatic carbocycles. The lowest BCUT2D eigenvalue weighted by molar-refractivity contribution is 0.617. The quantitative estimate of drug-likeness (QED) is 0.829. The van der Waals surface area contributed by atoms with Crippen LogP contribution in [0.4, 0.5) is 0 Å². The molecule has 0 aliphatic carbocycles. The molecule has 1 aliphatic heterocycles. The summed E-state index contributed by atoms with van der Waals surface area (Å²) in [6.07, 6.45) is 4.49. The lowest BCUT2D eigenvalue weighted by Gasteiger charge is -2.05. The summed E-state index contributed by atoms with van der Waals surface area (Å²) < 4.78 is 1.94. The van der Waals surface area contributed by atoms with Crippen LogP contribution >= 0.6 is 0 Å². The van der Waals surface area contributed by atoms with Crippen molar-refractivity contribution >= 4 is 0 Å². The van der Waals surface area contributed by atoms with Gasteiger partial charge in [0.2, 0.25) is 0 Å².